The Bertz CT molecular complexity index is 1130. The third-order valence-electron chi connectivity index (χ3n) is 5.89. The van der Waals surface area contributed by atoms with E-state index in [0.717, 1.165) is 6.07 Å². The highest BCUT2D eigenvalue weighted by Crippen LogP contribution is 2.27. The molecule has 1 N–H and O–H groups in total. The van der Waals surface area contributed by atoms with E-state index in [-0.39, 0.29) is 42.9 Å². The molecule has 2 atom stereocenters. The van der Waals surface area contributed by atoms with Gasteiger partial charge in [-0.2, -0.15) is 10.4 Å². The van der Waals surface area contributed by atoms with Gasteiger partial charge in [-0.3, -0.25) is 9.48 Å². The molecule has 3 rings (SSSR count). The summed E-state index contributed by atoms with van der Waals surface area (Å²) in [7, 11) is 3.71. The number of nitrogens with zero attached hydrogens (tertiary/aromatic N) is 5. The maximum Gasteiger partial charge on any atom is 0.322 e. The highest BCUT2D eigenvalue weighted by molar-refractivity contribution is 5.90. The van der Waals surface area contributed by atoms with Gasteiger partial charge in [0.15, 0.2) is 6.29 Å². The van der Waals surface area contributed by atoms with Crippen LogP contribution in [0.1, 0.15) is 34.2 Å². The molecule has 194 valence electrons. The highest BCUT2D eigenvalue weighted by Gasteiger charge is 2.32. The molecule has 0 fully saturated rings. The first-order valence-corrected chi connectivity index (χ1v) is 11.4. The molecule has 2 unspecified atom stereocenters. The van der Waals surface area contributed by atoms with Crippen LogP contribution in [0, 0.1) is 23.1 Å². The zero-order chi connectivity index (χ0) is 26.4. The molecule has 0 radical (unpaired) electrons. The van der Waals surface area contributed by atoms with Crippen molar-refractivity contribution in [3.63, 3.8) is 0 Å². The number of hydrogen-bond acceptors (Lipinski definition) is 6. The number of ether oxygens (including phenoxy) is 1. The van der Waals surface area contributed by atoms with Gasteiger partial charge >= 0.3 is 6.03 Å². The van der Waals surface area contributed by atoms with Crippen LogP contribution < -0.4 is 5.32 Å². The van der Waals surface area contributed by atoms with Gasteiger partial charge in [-0.1, -0.05) is 0 Å². The van der Waals surface area contributed by atoms with Crippen LogP contribution in [0.4, 0.5) is 23.7 Å². The van der Waals surface area contributed by atoms with Gasteiger partial charge in [0.05, 0.1) is 24.4 Å². The third-order valence-corrected chi connectivity index (χ3v) is 5.89. The van der Waals surface area contributed by atoms with Crippen LogP contribution in [-0.4, -0.2) is 78.2 Å². The maximum atomic E-state index is 13.6. The molecule has 9 nitrogen and oxygen atoms in total. The van der Waals surface area contributed by atoms with Crippen LogP contribution in [0.15, 0.2) is 18.2 Å². The number of alkyl halides is 2. The van der Waals surface area contributed by atoms with E-state index >= 15 is 0 Å². The van der Waals surface area contributed by atoms with Crippen molar-refractivity contribution in [2.45, 2.75) is 38.9 Å². The first kappa shape index (κ1) is 27.2. The van der Waals surface area contributed by atoms with E-state index in [1.807, 2.05) is 25.9 Å². The fraction of sp³-hybridized carbons (Fsp3) is 0.500. The van der Waals surface area contributed by atoms with E-state index in [2.05, 4.69) is 10.4 Å². The lowest BCUT2D eigenvalue weighted by Gasteiger charge is -2.33. The Kier molecular flexibility index (Phi) is 9.06. The van der Waals surface area contributed by atoms with Crippen LogP contribution in [-0.2, 0) is 24.2 Å². The number of hydrogen-bond donors (Lipinski definition) is 1. The normalized spacial score (nSPS) is 16.1. The molecule has 0 bridgehead atoms. The number of amides is 2. The Morgan fingerprint density at radius 1 is 1.39 bits per heavy atom. The lowest BCUT2D eigenvalue weighted by Crippen LogP contribution is -2.44. The van der Waals surface area contributed by atoms with Crippen LogP contribution in [0.25, 0.3) is 0 Å². The van der Waals surface area contributed by atoms with E-state index in [9.17, 15) is 22.8 Å². The number of rotatable bonds is 10. The van der Waals surface area contributed by atoms with Crippen molar-refractivity contribution in [1.29, 1.82) is 5.26 Å². The molecule has 2 heterocycles. The smallest absolute Gasteiger partial charge is 0.322 e. The average molecular weight is 507 g/mol. The summed E-state index contributed by atoms with van der Waals surface area (Å²) >= 11 is 0. The summed E-state index contributed by atoms with van der Waals surface area (Å²) in [6.45, 7) is 2.22. The van der Waals surface area contributed by atoms with Crippen molar-refractivity contribution in [3.8, 4) is 6.07 Å². The van der Waals surface area contributed by atoms with Crippen molar-refractivity contribution < 1.29 is 27.5 Å². The Morgan fingerprint density at radius 2 is 2.14 bits per heavy atom. The number of urea groups is 1. The molecule has 2 amide bonds. The summed E-state index contributed by atoms with van der Waals surface area (Å²) in [6.07, 6.45) is -1.47. The Balaban J connectivity index is 1.77. The second-order valence-electron chi connectivity index (χ2n) is 9.08. The number of nitriles is 1. The van der Waals surface area contributed by atoms with E-state index in [0.29, 0.717) is 36.2 Å². The summed E-state index contributed by atoms with van der Waals surface area (Å²) in [4.78, 5) is 28.5. The number of anilines is 1. The van der Waals surface area contributed by atoms with Crippen molar-refractivity contribution in [2.24, 2.45) is 5.92 Å². The minimum absolute atomic E-state index is 0.0820. The van der Waals surface area contributed by atoms with E-state index < -0.39 is 24.9 Å². The number of halogens is 3. The first-order valence-electron chi connectivity index (χ1n) is 11.4. The van der Waals surface area contributed by atoms with Crippen LogP contribution in [0.3, 0.4) is 0 Å². The predicted octanol–water partition coefficient (Wildman–Crippen LogP) is 3.14. The lowest BCUT2D eigenvalue weighted by atomic mass is 10.00. The number of benzene rings is 1. The molecule has 1 aliphatic rings. The molecule has 1 aliphatic heterocycles. The summed E-state index contributed by atoms with van der Waals surface area (Å²) < 4.78 is 45.3. The lowest BCUT2D eigenvalue weighted by molar-refractivity contribution is -0.00185. The SMILES string of the molecule is CC1Cc2nn(CC(COCC(F)F)CN(C)C)c(C=O)c2CN1C(=O)Nc1ccc(F)c(C#N)c1. The number of nitrogens with one attached hydrogen (secondary N) is 1. The summed E-state index contributed by atoms with van der Waals surface area (Å²) in [5.74, 6) is -0.870. The molecule has 0 spiro atoms. The van der Waals surface area contributed by atoms with Crippen LogP contribution >= 0.6 is 0 Å². The topological polar surface area (TPSA) is 103 Å². The van der Waals surface area contributed by atoms with Crippen LogP contribution in [0.5, 0.6) is 0 Å². The molecule has 1 aromatic carbocycles. The maximum absolute atomic E-state index is 13.6. The van der Waals surface area contributed by atoms with E-state index in [4.69, 9.17) is 10.00 Å². The molecule has 36 heavy (non-hydrogen) atoms. The third kappa shape index (κ3) is 6.61. The van der Waals surface area contributed by atoms with Gasteiger partial charge in [0, 0.05) is 42.7 Å². The standard InChI is InChI=1S/C24H29F3N6O3/c1-15-6-21-19(11-32(15)24(35)29-18-4-5-20(25)17(7-18)8-28)22(12-34)33(30-21)10-16(9-31(2)3)13-36-14-23(26)27/h4-5,7,12,15-16,23H,6,9-11,13-14H2,1-3H3,(H,29,35). The summed E-state index contributed by atoms with van der Waals surface area (Å²) in [5, 5.41) is 16.3. The Labute approximate surface area is 207 Å². The fourth-order valence-corrected chi connectivity index (χ4v) is 4.29. The van der Waals surface area contributed by atoms with E-state index in [1.54, 1.807) is 15.7 Å². The van der Waals surface area contributed by atoms with Crippen LogP contribution in [0.2, 0.25) is 0 Å². The Morgan fingerprint density at radius 3 is 2.78 bits per heavy atom. The summed E-state index contributed by atoms with van der Waals surface area (Å²) in [6, 6.07) is 4.75. The van der Waals surface area contributed by atoms with Gasteiger partial charge in [-0.15, -0.1) is 0 Å². The minimum Gasteiger partial charge on any atom is -0.375 e. The first-order chi connectivity index (χ1) is 17.1. The van der Waals surface area contributed by atoms with Crippen molar-refractivity contribution >= 4 is 18.0 Å². The minimum atomic E-state index is -2.56. The van der Waals surface area contributed by atoms with Gasteiger partial charge in [-0.25, -0.2) is 18.0 Å². The molecule has 1 aromatic heterocycles. The molecule has 12 heteroatoms. The second-order valence-corrected chi connectivity index (χ2v) is 9.08. The van der Waals surface area contributed by atoms with Crippen molar-refractivity contribution in [3.05, 3.63) is 46.5 Å². The molecular weight excluding hydrogens is 477 g/mol. The molecular formula is C24H29F3N6O3. The van der Waals surface area contributed by atoms with Crippen molar-refractivity contribution in [2.75, 3.05) is 39.2 Å². The number of carbonyl (C=O) groups excluding carboxylic acids is 2. The molecule has 0 saturated heterocycles. The Hall–Kier alpha value is -3.43. The highest BCUT2D eigenvalue weighted by atomic mass is 19.3. The molecule has 2 aromatic rings. The zero-order valence-corrected chi connectivity index (χ0v) is 20.4. The van der Waals surface area contributed by atoms with Gasteiger partial charge in [-0.05, 0) is 39.2 Å². The van der Waals surface area contributed by atoms with Crippen molar-refractivity contribution in [1.82, 2.24) is 19.6 Å². The van der Waals surface area contributed by atoms with Gasteiger partial charge < -0.3 is 19.9 Å². The quantitative estimate of drug-likeness (QED) is 0.497. The average Bonchev–Trinajstić information content (AvgIpc) is 3.14. The number of aldehydes is 1. The van der Waals surface area contributed by atoms with Gasteiger partial charge in [0.25, 0.3) is 6.43 Å². The molecule has 0 aliphatic carbocycles. The van der Waals surface area contributed by atoms with Gasteiger partial charge in [0.1, 0.15) is 24.2 Å². The van der Waals surface area contributed by atoms with Gasteiger partial charge in [0.2, 0.25) is 0 Å². The number of carbonyl (C=O) groups is 2. The predicted molar refractivity (Wildman–Crippen MR) is 125 cm³/mol. The molecule has 0 saturated carbocycles. The number of aromatic nitrogens is 2. The largest absolute Gasteiger partial charge is 0.375 e. The monoisotopic (exact) mass is 506 g/mol. The zero-order valence-electron chi connectivity index (χ0n) is 20.4. The summed E-state index contributed by atoms with van der Waals surface area (Å²) in [5.41, 5.74) is 1.72. The second kappa shape index (κ2) is 12.0. The number of fused-ring (bicyclic) bond motifs is 1. The van der Waals surface area contributed by atoms with E-state index in [1.165, 1.54) is 12.1 Å². The fourth-order valence-electron chi connectivity index (χ4n) is 4.29.